The molecule has 0 radical (unpaired) electrons. The third kappa shape index (κ3) is 3.26. The van der Waals surface area contributed by atoms with Crippen molar-refractivity contribution in [3.8, 4) is 0 Å². The van der Waals surface area contributed by atoms with Crippen molar-refractivity contribution in [1.29, 1.82) is 0 Å². The predicted octanol–water partition coefficient (Wildman–Crippen LogP) is 3.29. The molecule has 0 saturated carbocycles. The van der Waals surface area contributed by atoms with Crippen LogP contribution in [0.2, 0.25) is 0 Å². The fourth-order valence-electron chi connectivity index (χ4n) is 3.04. The summed E-state index contributed by atoms with van der Waals surface area (Å²) in [7, 11) is 2.11. The number of anilines is 1. The quantitative estimate of drug-likeness (QED) is 0.857. The molecule has 1 saturated heterocycles. The van der Waals surface area contributed by atoms with Gasteiger partial charge in [-0.15, -0.1) is 0 Å². The third-order valence-electron chi connectivity index (χ3n) is 4.15. The smallest absolute Gasteiger partial charge is 0.0366 e. The number of nitrogens with one attached hydrogen (secondary N) is 1. The number of hydrogen-bond acceptors (Lipinski definition) is 2. The molecule has 1 heterocycles. The number of piperidine rings is 1. The van der Waals surface area contributed by atoms with Crippen molar-refractivity contribution in [3.63, 3.8) is 0 Å². The van der Waals surface area contributed by atoms with Gasteiger partial charge in [0, 0.05) is 24.8 Å². The van der Waals surface area contributed by atoms with E-state index in [9.17, 15) is 0 Å². The van der Waals surface area contributed by atoms with Crippen molar-refractivity contribution in [2.75, 3.05) is 25.0 Å². The average molecular weight is 246 g/mol. The van der Waals surface area contributed by atoms with Crippen LogP contribution in [0.25, 0.3) is 0 Å². The molecule has 2 rings (SSSR count). The van der Waals surface area contributed by atoms with Gasteiger partial charge in [0.25, 0.3) is 0 Å². The van der Waals surface area contributed by atoms with E-state index in [1.165, 1.54) is 44.5 Å². The maximum absolute atomic E-state index is 3.51. The summed E-state index contributed by atoms with van der Waals surface area (Å²) in [4.78, 5) is 2.55. The molecule has 100 valence electrons. The minimum absolute atomic E-state index is 0.705. The van der Waals surface area contributed by atoms with E-state index >= 15 is 0 Å². The Hall–Kier alpha value is -1.02. The lowest BCUT2D eigenvalue weighted by molar-refractivity contribution is 0.295. The highest BCUT2D eigenvalue weighted by Crippen LogP contribution is 2.26. The Morgan fingerprint density at radius 3 is 2.72 bits per heavy atom. The van der Waals surface area contributed by atoms with Gasteiger partial charge in [-0.3, -0.25) is 0 Å². The molecular weight excluding hydrogens is 220 g/mol. The first kappa shape index (κ1) is 13.4. The Labute approximate surface area is 111 Å². The molecule has 1 aromatic rings. The van der Waals surface area contributed by atoms with Gasteiger partial charge in [-0.2, -0.15) is 0 Å². The first-order valence-corrected chi connectivity index (χ1v) is 7.32. The van der Waals surface area contributed by atoms with Gasteiger partial charge >= 0.3 is 0 Å². The van der Waals surface area contributed by atoms with Crippen molar-refractivity contribution in [2.24, 2.45) is 5.92 Å². The van der Waals surface area contributed by atoms with Gasteiger partial charge in [0.05, 0.1) is 0 Å². The van der Waals surface area contributed by atoms with Gasteiger partial charge in [0.2, 0.25) is 0 Å². The van der Waals surface area contributed by atoms with Crippen LogP contribution in [-0.4, -0.2) is 26.2 Å². The molecule has 0 aliphatic carbocycles. The minimum atomic E-state index is 0.705. The standard InChI is InChI=1S/C16H26N2/c1-3-4-8-14-13-18(12-11-16(14)17-2)15-9-6-5-7-10-15/h5-7,9-10,14,16-17H,3-4,8,11-13H2,1-2H3/t14-,16-/m0/s1. The Bertz CT molecular complexity index is 336. The predicted molar refractivity (Wildman–Crippen MR) is 79.1 cm³/mol. The first-order valence-electron chi connectivity index (χ1n) is 7.32. The molecule has 0 aromatic heterocycles. The number of nitrogens with zero attached hydrogens (tertiary/aromatic N) is 1. The van der Waals surface area contributed by atoms with E-state index in [1.807, 2.05) is 0 Å². The summed E-state index contributed by atoms with van der Waals surface area (Å²) in [6.07, 6.45) is 5.27. The number of benzene rings is 1. The molecule has 0 amide bonds. The maximum Gasteiger partial charge on any atom is 0.0366 e. The van der Waals surface area contributed by atoms with Crippen LogP contribution in [0.3, 0.4) is 0 Å². The van der Waals surface area contributed by atoms with Crippen LogP contribution in [0.15, 0.2) is 30.3 Å². The zero-order valence-electron chi connectivity index (χ0n) is 11.7. The van der Waals surface area contributed by atoms with Crippen LogP contribution in [0.1, 0.15) is 32.6 Å². The Kier molecular flexibility index (Phi) is 5.06. The van der Waals surface area contributed by atoms with E-state index in [0.29, 0.717) is 6.04 Å². The van der Waals surface area contributed by atoms with Crippen LogP contribution in [0, 0.1) is 5.92 Å². The number of para-hydroxylation sites is 1. The lowest BCUT2D eigenvalue weighted by atomic mass is 9.87. The van der Waals surface area contributed by atoms with E-state index in [1.54, 1.807) is 0 Å². The highest BCUT2D eigenvalue weighted by Gasteiger charge is 2.27. The molecule has 2 nitrogen and oxygen atoms in total. The second-order valence-electron chi connectivity index (χ2n) is 5.37. The van der Waals surface area contributed by atoms with Crippen LogP contribution in [0.5, 0.6) is 0 Å². The third-order valence-corrected chi connectivity index (χ3v) is 4.15. The summed E-state index contributed by atoms with van der Waals surface area (Å²) in [5.41, 5.74) is 1.38. The Morgan fingerprint density at radius 1 is 1.28 bits per heavy atom. The zero-order chi connectivity index (χ0) is 12.8. The Morgan fingerprint density at radius 2 is 2.06 bits per heavy atom. The van der Waals surface area contributed by atoms with E-state index in [-0.39, 0.29) is 0 Å². The van der Waals surface area contributed by atoms with Crippen molar-refractivity contribution in [3.05, 3.63) is 30.3 Å². The monoisotopic (exact) mass is 246 g/mol. The molecule has 2 heteroatoms. The van der Waals surface area contributed by atoms with E-state index in [2.05, 4.69) is 54.5 Å². The van der Waals surface area contributed by atoms with Crippen molar-refractivity contribution in [2.45, 2.75) is 38.6 Å². The zero-order valence-corrected chi connectivity index (χ0v) is 11.7. The molecule has 0 spiro atoms. The normalized spacial score (nSPS) is 24.2. The molecule has 1 aliphatic heterocycles. The molecule has 0 bridgehead atoms. The van der Waals surface area contributed by atoms with Gasteiger partial charge in [-0.1, -0.05) is 38.0 Å². The maximum atomic E-state index is 3.51. The van der Waals surface area contributed by atoms with E-state index in [0.717, 1.165) is 5.92 Å². The minimum Gasteiger partial charge on any atom is -0.371 e. The number of unbranched alkanes of at least 4 members (excludes halogenated alkanes) is 1. The first-order chi connectivity index (χ1) is 8.85. The van der Waals surface area contributed by atoms with Gasteiger partial charge in [0.1, 0.15) is 0 Å². The molecular formula is C16H26N2. The number of rotatable bonds is 5. The van der Waals surface area contributed by atoms with E-state index < -0.39 is 0 Å². The van der Waals surface area contributed by atoms with Gasteiger partial charge < -0.3 is 10.2 Å². The fourth-order valence-corrected chi connectivity index (χ4v) is 3.04. The summed E-state index contributed by atoms with van der Waals surface area (Å²) >= 11 is 0. The molecule has 1 fully saturated rings. The van der Waals surface area contributed by atoms with E-state index in [4.69, 9.17) is 0 Å². The fraction of sp³-hybridized carbons (Fsp3) is 0.625. The molecule has 2 atom stereocenters. The molecule has 1 aliphatic rings. The lowest BCUT2D eigenvalue weighted by Crippen LogP contribution is -2.48. The number of hydrogen-bond donors (Lipinski definition) is 1. The Balaban J connectivity index is 2.00. The molecule has 1 N–H and O–H groups in total. The van der Waals surface area contributed by atoms with Crippen molar-refractivity contribution >= 4 is 5.69 Å². The van der Waals surface area contributed by atoms with Crippen LogP contribution in [0.4, 0.5) is 5.69 Å². The second kappa shape index (κ2) is 6.79. The van der Waals surface area contributed by atoms with Crippen LogP contribution >= 0.6 is 0 Å². The summed E-state index contributed by atoms with van der Waals surface area (Å²) in [6.45, 7) is 4.67. The van der Waals surface area contributed by atoms with Crippen LogP contribution in [-0.2, 0) is 0 Å². The molecule has 18 heavy (non-hydrogen) atoms. The van der Waals surface area contributed by atoms with Gasteiger partial charge in [-0.05, 0) is 37.9 Å². The topological polar surface area (TPSA) is 15.3 Å². The molecule has 1 aromatic carbocycles. The SMILES string of the molecule is CCCC[C@H]1CN(c2ccccc2)CC[C@@H]1NC. The highest BCUT2D eigenvalue weighted by atomic mass is 15.2. The summed E-state index contributed by atoms with van der Waals surface area (Å²) in [5, 5.41) is 3.51. The summed E-state index contributed by atoms with van der Waals surface area (Å²) < 4.78 is 0. The van der Waals surface area contributed by atoms with Crippen LogP contribution < -0.4 is 10.2 Å². The lowest BCUT2D eigenvalue weighted by Gasteiger charge is -2.40. The van der Waals surface area contributed by atoms with Crippen molar-refractivity contribution in [1.82, 2.24) is 5.32 Å². The summed E-state index contributed by atoms with van der Waals surface area (Å²) in [6, 6.07) is 11.5. The van der Waals surface area contributed by atoms with Gasteiger partial charge in [-0.25, -0.2) is 0 Å². The molecule has 0 unspecified atom stereocenters. The summed E-state index contributed by atoms with van der Waals surface area (Å²) in [5.74, 6) is 0.795. The largest absolute Gasteiger partial charge is 0.371 e. The van der Waals surface area contributed by atoms with Gasteiger partial charge in [0.15, 0.2) is 0 Å². The van der Waals surface area contributed by atoms with Crippen molar-refractivity contribution < 1.29 is 0 Å². The second-order valence-corrected chi connectivity index (χ2v) is 5.37. The average Bonchev–Trinajstić information content (AvgIpc) is 2.45. The highest BCUT2D eigenvalue weighted by molar-refractivity contribution is 5.46.